The fourth-order valence-electron chi connectivity index (χ4n) is 6.81. The second kappa shape index (κ2) is 9.23. The van der Waals surface area contributed by atoms with Gasteiger partial charge in [-0.3, -0.25) is 19.3 Å². The number of aliphatic hydroxyl groups excluding tert-OH is 2. The average Bonchev–Trinajstić information content (AvgIpc) is 2.86. The summed E-state index contributed by atoms with van der Waals surface area (Å²) in [5.41, 5.74) is 1.41. The molecule has 7 N–H and O–H groups in total. The number of fused-ring (bicyclic) bond motifs is 3. The van der Waals surface area contributed by atoms with Gasteiger partial charge in [-0.05, 0) is 76.2 Å². The molecule has 206 valence electrons. The predicted octanol–water partition coefficient (Wildman–Crippen LogP) is 1.01. The second-order valence-electron chi connectivity index (χ2n) is 11.3. The van der Waals surface area contributed by atoms with Gasteiger partial charge in [0.25, 0.3) is 5.91 Å². The molecule has 4 atom stereocenters. The van der Waals surface area contributed by atoms with Crippen LogP contribution in [0.2, 0.25) is 0 Å². The summed E-state index contributed by atoms with van der Waals surface area (Å²) in [7, 11) is 3.10. The van der Waals surface area contributed by atoms with E-state index in [1.54, 1.807) is 20.2 Å². The van der Waals surface area contributed by atoms with E-state index in [0.717, 1.165) is 19.3 Å². The molecule has 0 aliphatic heterocycles. The van der Waals surface area contributed by atoms with Gasteiger partial charge in [0, 0.05) is 17.1 Å². The van der Waals surface area contributed by atoms with Crippen molar-refractivity contribution in [1.82, 2.24) is 4.90 Å². The van der Waals surface area contributed by atoms with E-state index in [9.17, 15) is 39.9 Å². The van der Waals surface area contributed by atoms with Crippen molar-refractivity contribution in [2.24, 2.45) is 17.6 Å². The number of nitrogens with zero attached hydrogens (tertiary/aromatic N) is 1. The number of aromatic hydroxyl groups is 1. The summed E-state index contributed by atoms with van der Waals surface area (Å²) in [5.74, 6) is -0.982. The van der Waals surface area contributed by atoms with Crippen LogP contribution < -0.4 is 5.73 Å². The van der Waals surface area contributed by atoms with Crippen molar-refractivity contribution in [3.05, 3.63) is 45.7 Å². The lowest BCUT2D eigenvalue weighted by Crippen LogP contribution is -2.65. The first kappa shape index (κ1) is 26.9. The average molecular weight is 537 g/mol. The zero-order chi connectivity index (χ0) is 28.4. The van der Waals surface area contributed by atoms with Crippen molar-refractivity contribution in [2.75, 3.05) is 14.1 Å². The Morgan fingerprint density at radius 1 is 1.08 bits per heavy atom. The van der Waals surface area contributed by atoms with Gasteiger partial charge in [0.1, 0.15) is 28.4 Å². The van der Waals surface area contributed by atoms with Crippen LogP contribution in [0.15, 0.2) is 29.0 Å². The van der Waals surface area contributed by atoms with Gasteiger partial charge in [0.05, 0.1) is 11.6 Å². The number of benzene rings is 1. The van der Waals surface area contributed by atoms with Crippen LogP contribution in [0.3, 0.4) is 0 Å². The number of phenols is 1. The largest absolute Gasteiger partial charge is 0.508 e. The van der Waals surface area contributed by atoms with E-state index >= 15 is 0 Å². The summed E-state index contributed by atoms with van der Waals surface area (Å²) in [4.78, 5) is 40.6. The Morgan fingerprint density at radius 3 is 2.36 bits per heavy atom. The van der Waals surface area contributed by atoms with Crippen molar-refractivity contribution >= 4 is 23.2 Å². The molecule has 0 saturated heterocycles. The maximum absolute atomic E-state index is 13.9. The number of carbonyl (C=O) groups excluding carboxylic acids is 3. The van der Waals surface area contributed by atoms with Crippen LogP contribution in [0.1, 0.15) is 55.2 Å². The van der Waals surface area contributed by atoms with Crippen LogP contribution in [-0.4, -0.2) is 79.2 Å². The van der Waals surface area contributed by atoms with Gasteiger partial charge < -0.3 is 31.3 Å². The SMILES string of the molecule is CN(C)C1C(=O)C(C(N)=O)=C(O)C2(O)C(=O)C3=C(O)c4c(O)ccc(C#CC5(O)CCCCC5)c4CC3CC12. The quantitative estimate of drug-likeness (QED) is 0.237. The van der Waals surface area contributed by atoms with Crippen molar-refractivity contribution in [1.29, 1.82) is 0 Å². The first-order chi connectivity index (χ1) is 18.3. The highest BCUT2D eigenvalue weighted by molar-refractivity contribution is 6.24. The molecule has 39 heavy (non-hydrogen) atoms. The minimum absolute atomic E-state index is 0.00176. The first-order valence-electron chi connectivity index (χ1n) is 13.1. The minimum Gasteiger partial charge on any atom is -0.508 e. The maximum Gasteiger partial charge on any atom is 0.255 e. The number of carbonyl (C=O) groups is 3. The van der Waals surface area contributed by atoms with Crippen LogP contribution in [-0.2, 0) is 20.8 Å². The third kappa shape index (κ3) is 3.95. The molecule has 2 fully saturated rings. The number of hydrogen-bond donors (Lipinski definition) is 6. The van der Waals surface area contributed by atoms with E-state index in [4.69, 9.17) is 5.73 Å². The minimum atomic E-state index is -2.68. The van der Waals surface area contributed by atoms with E-state index in [1.807, 2.05) is 0 Å². The summed E-state index contributed by atoms with van der Waals surface area (Å²) in [6.45, 7) is 0. The van der Waals surface area contributed by atoms with E-state index in [2.05, 4.69) is 11.8 Å². The second-order valence-corrected chi connectivity index (χ2v) is 11.3. The van der Waals surface area contributed by atoms with Crippen molar-refractivity contribution < 1.29 is 39.9 Å². The van der Waals surface area contributed by atoms with E-state index in [-0.39, 0.29) is 29.7 Å². The number of aliphatic hydroxyl groups is 4. The lowest BCUT2D eigenvalue weighted by molar-refractivity contribution is -0.153. The van der Waals surface area contributed by atoms with E-state index < -0.39 is 63.6 Å². The van der Waals surface area contributed by atoms with Crippen LogP contribution in [0, 0.1) is 23.7 Å². The lowest BCUT2D eigenvalue weighted by Gasteiger charge is -2.50. The lowest BCUT2D eigenvalue weighted by atomic mass is 9.57. The number of ketones is 2. The first-order valence-corrected chi connectivity index (χ1v) is 13.1. The summed E-state index contributed by atoms with van der Waals surface area (Å²) in [6.07, 6.45) is 4.01. The van der Waals surface area contributed by atoms with Gasteiger partial charge in [-0.15, -0.1) is 0 Å². The number of phenolic OH excluding ortho intramolecular Hbond substituents is 1. The number of amides is 1. The molecule has 0 heterocycles. The molecule has 1 aromatic carbocycles. The van der Waals surface area contributed by atoms with Gasteiger partial charge in [-0.25, -0.2) is 0 Å². The fourth-order valence-corrected chi connectivity index (χ4v) is 6.81. The highest BCUT2D eigenvalue weighted by Crippen LogP contribution is 2.52. The van der Waals surface area contributed by atoms with E-state index in [1.165, 1.54) is 11.0 Å². The van der Waals surface area contributed by atoms with Crippen molar-refractivity contribution in [2.45, 2.75) is 62.2 Å². The standard InChI is InChI=1S/C29H32N2O8/c1-31(2)22-17-13-15-12-16-14(8-11-28(38)9-4-3-5-10-28)6-7-18(32)20(16)23(33)19(15)25(35)29(17,39)26(36)21(24(22)34)27(30)37/h6-7,15,17,22,32-33,36,38-39H,3-5,9-10,12-13H2,1-2H3,(H2,30,37). The summed E-state index contributed by atoms with van der Waals surface area (Å²) >= 11 is 0. The number of Topliss-reactive ketones (excluding diaryl/α,β-unsaturated/α-hetero) is 2. The number of nitrogens with two attached hydrogens (primary N) is 1. The van der Waals surface area contributed by atoms with Gasteiger partial charge in [0.15, 0.2) is 11.4 Å². The maximum atomic E-state index is 13.9. The summed E-state index contributed by atoms with van der Waals surface area (Å²) in [5, 5.41) is 55.4. The van der Waals surface area contributed by atoms with Gasteiger partial charge in [-0.1, -0.05) is 18.3 Å². The Hall–Kier alpha value is -3.65. The number of hydrogen-bond acceptors (Lipinski definition) is 9. The zero-order valence-corrected chi connectivity index (χ0v) is 21.8. The molecular formula is C29H32N2O8. The molecule has 10 nitrogen and oxygen atoms in total. The third-order valence-electron chi connectivity index (χ3n) is 8.71. The third-order valence-corrected chi connectivity index (χ3v) is 8.71. The smallest absolute Gasteiger partial charge is 0.255 e. The Bertz CT molecular complexity index is 1420. The van der Waals surface area contributed by atoms with E-state index in [0.29, 0.717) is 24.0 Å². The Balaban J connectivity index is 1.66. The fraction of sp³-hybridized carbons (Fsp3) is 0.483. The number of likely N-dealkylation sites (N-methyl/N-ethyl adjacent to an activating group) is 1. The molecule has 1 amide bonds. The summed E-state index contributed by atoms with van der Waals surface area (Å²) in [6, 6.07) is 1.78. The zero-order valence-electron chi connectivity index (χ0n) is 21.8. The molecule has 4 aliphatic rings. The molecule has 2 saturated carbocycles. The van der Waals surface area contributed by atoms with Crippen LogP contribution in [0.4, 0.5) is 0 Å². The highest BCUT2D eigenvalue weighted by Gasteiger charge is 2.64. The molecule has 4 unspecified atom stereocenters. The molecular weight excluding hydrogens is 504 g/mol. The van der Waals surface area contributed by atoms with Gasteiger partial charge >= 0.3 is 0 Å². The molecule has 0 bridgehead atoms. The van der Waals surface area contributed by atoms with Crippen molar-refractivity contribution in [3.8, 4) is 17.6 Å². The monoisotopic (exact) mass is 536 g/mol. The van der Waals surface area contributed by atoms with Gasteiger partial charge in [-0.2, -0.15) is 0 Å². The Morgan fingerprint density at radius 2 is 1.74 bits per heavy atom. The molecule has 4 aliphatic carbocycles. The molecule has 10 heteroatoms. The Kier molecular flexibility index (Phi) is 6.37. The summed E-state index contributed by atoms with van der Waals surface area (Å²) < 4.78 is 0. The van der Waals surface area contributed by atoms with Crippen molar-refractivity contribution in [3.63, 3.8) is 0 Å². The number of rotatable bonds is 2. The molecule has 1 aromatic rings. The highest BCUT2D eigenvalue weighted by atomic mass is 16.3. The topological polar surface area (TPSA) is 182 Å². The molecule has 0 aromatic heterocycles. The van der Waals surface area contributed by atoms with Crippen LogP contribution >= 0.6 is 0 Å². The normalized spacial score (nSPS) is 29.8. The Labute approximate surface area is 225 Å². The van der Waals surface area contributed by atoms with Crippen LogP contribution in [0.5, 0.6) is 5.75 Å². The number of primary amides is 1. The molecule has 0 radical (unpaired) electrons. The van der Waals surface area contributed by atoms with Crippen LogP contribution in [0.25, 0.3) is 5.76 Å². The molecule has 5 rings (SSSR count). The van der Waals surface area contributed by atoms with Gasteiger partial charge in [0.2, 0.25) is 5.78 Å². The molecule has 0 spiro atoms. The predicted molar refractivity (Wildman–Crippen MR) is 139 cm³/mol.